The van der Waals surface area contributed by atoms with E-state index in [1.807, 2.05) is 38.1 Å². The fourth-order valence-corrected chi connectivity index (χ4v) is 4.45. The van der Waals surface area contributed by atoms with Crippen LogP contribution >= 0.6 is 42.9 Å². The predicted octanol–water partition coefficient (Wildman–Crippen LogP) is 12.1. The third-order valence-corrected chi connectivity index (χ3v) is 19.2. The van der Waals surface area contributed by atoms with Crippen LogP contribution in [0.1, 0.15) is 80.4 Å². The van der Waals surface area contributed by atoms with Crippen molar-refractivity contribution in [2.75, 3.05) is 13.2 Å². The molecule has 1 aromatic heterocycles. The number of rotatable bonds is 6. The van der Waals surface area contributed by atoms with Crippen LogP contribution in [0.3, 0.4) is 0 Å². The molecule has 2 aromatic carbocycles. The molecule has 3 aromatic rings. The van der Waals surface area contributed by atoms with Gasteiger partial charge in [0.25, 0.3) is 0 Å². The molecule has 250 valence electrons. The van der Waals surface area contributed by atoms with Crippen LogP contribution in [-0.4, -0.2) is 44.0 Å². The summed E-state index contributed by atoms with van der Waals surface area (Å²) in [5.74, 6) is 0. The van der Waals surface area contributed by atoms with Crippen LogP contribution in [-0.2, 0) is 15.3 Å². The Morgan fingerprint density at radius 1 is 0.727 bits per heavy atom. The zero-order chi connectivity index (χ0) is 34.6. The number of aromatic nitrogens is 2. The number of H-pyrrole nitrogens is 1. The molecule has 2 N–H and O–H groups in total. The fraction of sp³-hybridized carbons (Fsp3) is 0.571. The van der Waals surface area contributed by atoms with Crippen LogP contribution < -0.4 is 0 Å². The van der Waals surface area contributed by atoms with E-state index < -0.39 is 15.7 Å². The van der Waals surface area contributed by atoms with Gasteiger partial charge in [0.15, 0.2) is 15.7 Å². The lowest BCUT2D eigenvalue weighted by Crippen LogP contribution is -2.43. The van der Waals surface area contributed by atoms with Gasteiger partial charge in [-0.25, -0.2) is 4.98 Å². The maximum absolute atomic E-state index is 9.11. The van der Waals surface area contributed by atoms with Gasteiger partial charge in [-0.15, -0.1) is 0 Å². The zero-order valence-electron chi connectivity index (χ0n) is 29.7. The summed E-state index contributed by atoms with van der Waals surface area (Å²) >= 11 is 13.0. The highest BCUT2D eigenvalue weighted by Gasteiger charge is 2.38. The lowest BCUT2D eigenvalue weighted by Gasteiger charge is -2.39. The van der Waals surface area contributed by atoms with Gasteiger partial charge in [0.1, 0.15) is 0 Å². The van der Waals surface area contributed by atoms with E-state index in [-0.39, 0.29) is 22.5 Å². The number of aliphatic hydroxyl groups excluding tert-OH is 1. The second-order valence-electron chi connectivity index (χ2n) is 15.5. The Morgan fingerprint density at radius 3 is 1.36 bits per heavy atom. The number of nitrogens with one attached hydrogen (secondary N) is 1. The molecule has 0 aliphatic heterocycles. The van der Waals surface area contributed by atoms with Gasteiger partial charge in [0.05, 0.1) is 12.9 Å². The number of hydrogen-bond acceptors (Lipinski definition) is 3. The lowest BCUT2D eigenvalue weighted by atomic mass is 9.86. The number of nitrogens with zero attached hydrogens (tertiary/aromatic N) is 1. The van der Waals surface area contributed by atoms with Crippen molar-refractivity contribution < 1.29 is 9.53 Å². The molecule has 0 saturated carbocycles. The van der Waals surface area contributed by atoms with Gasteiger partial charge in [-0.05, 0) is 58.6 Å². The first kappa shape index (κ1) is 43.3. The van der Waals surface area contributed by atoms with Gasteiger partial charge in [0.2, 0.25) is 0 Å². The SMILES string of the molecule is CC(C)(C)[Si](C)(C)Cl.CC(C)(CO)c1ccc(Br)cc1.CC(C)(CO[Si](C)(C)C(C)(C)C)c1ccc(Br)cc1.c1c[nH]cn1. The van der Waals surface area contributed by atoms with E-state index in [9.17, 15) is 0 Å². The third-order valence-electron chi connectivity index (χ3n) is 8.44. The van der Waals surface area contributed by atoms with Gasteiger partial charge in [-0.1, -0.05) is 138 Å². The van der Waals surface area contributed by atoms with E-state index in [0.29, 0.717) is 5.04 Å². The van der Waals surface area contributed by atoms with E-state index >= 15 is 0 Å². The van der Waals surface area contributed by atoms with E-state index in [1.165, 1.54) is 5.56 Å². The zero-order valence-corrected chi connectivity index (χ0v) is 35.6. The molecule has 9 heteroatoms. The second kappa shape index (κ2) is 18.0. The van der Waals surface area contributed by atoms with Crippen LogP contribution in [0.15, 0.2) is 76.2 Å². The smallest absolute Gasteiger partial charge is 0.192 e. The highest BCUT2D eigenvalue weighted by Crippen LogP contribution is 2.39. The van der Waals surface area contributed by atoms with Gasteiger partial charge in [-0.3, -0.25) is 0 Å². The Morgan fingerprint density at radius 2 is 1.11 bits per heavy atom. The molecule has 3 rings (SSSR count). The Bertz CT molecular complexity index is 1150. The van der Waals surface area contributed by atoms with Crippen LogP contribution in [0.2, 0.25) is 36.3 Å². The number of aromatic amines is 1. The summed E-state index contributed by atoms with van der Waals surface area (Å²) in [6.07, 6.45) is 5.08. The van der Waals surface area contributed by atoms with E-state index in [2.05, 4.69) is 148 Å². The molecule has 0 amide bonds. The molecular weight excluding hydrogens is 732 g/mol. The van der Waals surface area contributed by atoms with Crippen molar-refractivity contribution in [1.82, 2.24) is 9.97 Å². The van der Waals surface area contributed by atoms with Gasteiger partial charge >= 0.3 is 0 Å². The van der Waals surface area contributed by atoms with Crippen molar-refractivity contribution in [3.05, 3.63) is 87.3 Å². The lowest BCUT2D eigenvalue weighted by molar-refractivity contribution is 0.218. The molecule has 0 bridgehead atoms. The maximum atomic E-state index is 9.11. The molecule has 0 spiro atoms. The largest absolute Gasteiger partial charge is 0.416 e. The fourth-order valence-electron chi connectivity index (χ4n) is 2.77. The molecule has 0 fully saturated rings. The number of aliphatic hydroxyl groups is 1. The maximum Gasteiger partial charge on any atom is 0.192 e. The monoisotopic (exact) mass is 788 g/mol. The average Bonchev–Trinajstić information content (AvgIpc) is 3.48. The van der Waals surface area contributed by atoms with Gasteiger partial charge in [-0.2, -0.15) is 11.1 Å². The Labute approximate surface area is 293 Å². The molecule has 4 nitrogen and oxygen atoms in total. The summed E-state index contributed by atoms with van der Waals surface area (Å²) < 4.78 is 8.56. The standard InChI is InChI=1S/C16H27BrOSi.C10H13BrO.C6H15ClSi.C3H4N2/c1-15(2,3)19(6,7)18-12-16(4,5)13-8-10-14(17)11-9-13;1-10(2,7-12)8-3-5-9(11)6-4-8;1-6(2,3)8(4,5)7;1-2-5-3-4-1/h8-11H,12H2,1-7H3;3-6,12H,7H2,1-2H3;1-5H3;1-3H,(H,4,5). The van der Waals surface area contributed by atoms with Crippen molar-refractivity contribution in [3.63, 3.8) is 0 Å². The van der Waals surface area contributed by atoms with Crippen LogP contribution in [0, 0.1) is 0 Å². The molecule has 0 radical (unpaired) electrons. The Hall–Kier alpha value is -0.746. The first-order chi connectivity index (χ1) is 19.8. The van der Waals surface area contributed by atoms with Crippen molar-refractivity contribution in [2.45, 2.75) is 116 Å². The molecule has 0 saturated heterocycles. The summed E-state index contributed by atoms with van der Waals surface area (Å²) in [7, 11) is -3.05. The molecule has 44 heavy (non-hydrogen) atoms. The summed E-state index contributed by atoms with van der Waals surface area (Å²) in [5, 5.41) is 9.71. The molecule has 1 heterocycles. The predicted molar refractivity (Wildman–Crippen MR) is 206 cm³/mol. The minimum Gasteiger partial charge on any atom is -0.416 e. The van der Waals surface area contributed by atoms with E-state index in [0.717, 1.165) is 21.1 Å². The number of imidazole rings is 1. The Kier molecular flexibility index (Phi) is 17.7. The summed E-state index contributed by atoms with van der Waals surface area (Å²) in [6.45, 7) is 31.9. The molecule has 0 unspecified atom stereocenters. The van der Waals surface area contributed by atoms with Crippen molar-refractivity contribution in [2.24, 2.45) is 0 Å². The molecule has 0 aliphatic rings. The van der Waals surface area contributed by atoms with Crippen LogP contribution in [0.5, 0.6) is 0 Å². The minimum absolute atomic E-state index is 0.0518. The van der Waals surface area contributed by atoms with E-state index in [1.54, 1.807) is 18.7 Å². The van der Waals surface area contributed by atoms with Crippen molar-refractivity contribution in [3.8, 4) is 0 Å². The van der Waals surface area contributed by atoms with Crippen LogP contribution in [0.4, 0.5) is 0 Å². The summed E-state index contributed by atoms with van der Waals surface area (Å²) in [5.41, 5.74) is 2.40. The first-order valence-corrected chi connectivity index (χ1v) is 23.7. The van der Waals surface area contributed by atoms with E-state index in [4.69, 9.17) is 20.6 Å². The average molecular weight is 791 g/mol. The van der Waals surface area contributed by atoms with Crippen molar-refractivity contribution in [1.29, 1.82) is 0 Å². The topological polar surface area (TPSA) is 58.1 Å². The molecule has 0 atom stereocenters. The summed E-state index contributed by atoms with van der Waals surface area (Å²) in [6, 6.07) is 16.6. The highest BCUT2D eigenvalue weighted by molar-refractivity contribution is 9.10. The third kappa shape index (κ3) is 16.2. The second-order valence-corrected chi connectivity index (χ2v) is 29.4. The minimum atomic E-state index is -1.67. The Balaban J connectivity index is 0.000000627. The number of halogens is 3. The molecule has 0 aliphatic carbocycles. The first-order valence-electron chi connectivity index (χ1n) is 15.2. The summed E-state index contributed by atoms with van der Waals surface area (Å²) in [4.78, 5) is 6.42. The number of benzene rings is 2. The number of hydrogen-bond donors (Lipinski definition) is 2. The van der Waals surface area contributed by atoms with Gasteiger partial charge in [0, 0.05) is 38.8 Å². The van der Waals surface area contributed by atoms with Crippen LogP contribution in [0.25, 0.3) is 0 Å². The normalized spacial score (nSPS) is 12.6. The van der Waals surface area contributed by atoms with Gasteiger partial charge < -0.3 is 14.5 Å². The van der Waals surface area contributed by atoms with Crippen molar-refractivity contribution >= 4 is 58.6 Å². The quantitative estimate of drug-likeness (QED) is 0.193. The molecular formula is C35H59Br2ClN2O2Si2. The highest BCUT2D eigenvalue weighted by atomic mass is 79.9.